The Labute approximate surface area is 156 Å². The van der Waals surface area contributed by atoms with Crippen LogP contribution in [0.15, 0.2) is 36.5 Å². The Kier molecular flexibility index (Phi) is 4.97. The Balaban J connectivity index is 1.43. The summed E-state index contributed by atoms with van der Waals surface area (Å²) in [6, 6.07) is 9.91. The first-order valence-corrected chi connectivity index (χ1v) is 9.13. The van der Waals surface area contributed by atoms with Gasteiger partial charge in [0.05, 0.1) is 48.3 Å². The van der Waals surface area contributed by atoms with Gasteiger partial charge in [-0.25, -0.2) is 4.98 Å². The number of anilines is 1. The molecule has 1 amide bonds. The molecular weight excluding hydrogens is 344 g/mol. The number of hydrogen-bond donors (Lipinski definition) is 2. The summed E-state index contributed by atoms with van der Waals surface area (Å²) in [5.74, 6) is 0.800. The van der Waals surface area contributed by atoms with Crippen LogP contribution in [0.5, 0.6) is 0 Å². The van der Waals surface area contributed by atoms with Gasteiger partial charge in [-0.15, -0.1) is 0 Å². The highest BCUT2D eigenvalue weighted by molar-refractivity contribution is 5.76. The summed E-state index contributed by atoms with van der Waals surface area (Å²) >= 11 is 0. The Morgan fingerprint density at radius 1 is 1.22 bits per heavy atom. The number of nitrogens with zero attached hydrogens (tertiary/aromatic N) is 5. The van der Waals surface area contributed by atoms with E-state index in [0.717, 1.165) is 47.9 Å². The fourth-order valence-corrected chi connectivity index (χ4v) is 3.27. The minimum Gasteiger partial charge on any atom is -0.395 e. The van der Waals surface area contributed by atoms with Gasteiger partial charge in [0.15, 0.2) is 0 Å². The van der Waals surface area contributed by atoms with Gasteiger partial charge in [0.25, 0.3) is 0 Å². The zero-order valence-corrected chi connectivity index (χ0v) is 15.0. The van der Waals surface area contributed by atoms with Gasteiger partial charge in [0.2, 0.25) is 5.91 Å². The third kappa shape index (κ3) is 3.90. The first-order chi connectivity index (χ1) is 13.2. The summed E-state index contributed by atoms with van der Waals surface area (Å²) in [7, 11) is 0. The highest BCUT2D eigenvalue weighted by Crippen LogP contribution is 2.21. The van der Waals surface area contributed by atoms with Crippen LogP contribution >= 0.6 is 0 Å². The number of amides is 1. The molecule has 140 valence electrons. The molecule has 0 bridgehead atoms. The molecule has 1 aliphatic rings. The van der Waals surface area contributed by atoms with Crippen molar-refractivity contribution in [1.82, 2.24) is 25.1 Å². The van der Waals surface area contributed by atoms with E-state index in [1.54, 1.807) is 0 Å². The van der Waals surface area contributed by atoms with Crippen molar-refractivity contribution in [3.8, 4) is 0 Å². The van der Waals surface area contributed by atoms with Gasteiger partial charge in [0, 0.05) is 25.9 Å². The molecule has 0 saturated carbocycles. The molecule has 2 aromatic heterocycles. The minimum atomic E-state index is -0.0666. The zero-order valence-electron chi connectivity index (χ0n) is 15.0. The number of carbonyl (C=O) groups excluding carboxylic acids is 1. The van der Waals surface area contributed by atoms with Gasteiger partial charge in [0.1, 0.15) is 5.82 Å². The number of rotatable bonds is 6. The Morgan fingerprint density at radius 2 is 2.07 bits per heavy atom. The van der Waals surface area contributed by atoms with Crippen molar-refractivity contribution in [3.63, 3.8) is 0 Å². The van der Waals surface area contributed by atoms with E-state index in [1.165, 1.54) is 0 Å². The normalized spacial score (nSPS) is 13.6. The molecule has 8 nitrogen and oxygen atoms in total. The van der Waals surface area contributed by atoms with Crippen molar-refractivity contribution in [2.75, 3.05) is 24.6 Å². The molecule has 3 heterocycles. The number of aromatic nitrogens is 4. The highest BCUT2D eigenvalue weighted by Gasteiger charge is 2.20. The van der Waals surface area contributed by atoms with Crippen LogP contribution in [0.1, 0.15) is 17.8 Å². The lowest BCUT2D eigenvalue weighted by atomic mass is 10.2. The van der Waals surface area contributed by atoms with Crippen LogP contribution in [-0.4, -0.2) is 50.5 Å². The summed E-state index contributed by atoms with van der Waals surface area (Å²) in [5, 5.41) is 16.0. The molecule has 1 aliphatic heterocycles. The zero-order chi connectivity index (χ0) is 18.6. The van der Waals surface area contributed by atoms with E-state index in [-0.39, 0.29) is 12.5 Å². The summed E-state index contributed by atoms with van der Waals surface area (Å²) in [4.78, 5) is 23.1. The van der Waals surface area contributed by atoms with Crippen LogP contribution in [-0.2, 0) is 24.3 Å². The number of aliphatic hydroxyl groups is 1. The maximum Gasteiger partial charge on any atom is 0.220 e. The monoisotopic (exact) mass is 366 g/mol. The van der Waals surface area contributed by atoms with Crippen LogP contribution in [0, 0.1) is 0 Å². The molecule has 0 unspecified atom stereocenters. The van der Waals surface area contributed by atoms with Crippen LogP contribution in [0.4, 0.5) is 5.82 Å². The average molecular weight is 366 g/mol. The molecule has 3 aromatic rings. The van der Waals surface area contributed by atoms with Crippen LogP contribution in [0.3, 0.4) is 0 Å². The molecule has 0 fully saturated rings. The van der Waals surface area contributed by atoms with Crippen molar-refractivity contribution in [2.24, 2.45) is 0 Å². The minimum absolute atomic E-state index is 0.0436. The number of aliphatic hydroxyl groups excluding tert-OH is 1. The number of nitrogens with one attached hydrogen (secondary N) is 1. The lowest BCUT2D eigenvalue weighted by Crippen LogP contribution is -2.34. The Hall–Kier alpha value is -3.00. The van der Waals surface area contributed by atoms with E-state index >= 15 is 0 Å². The Morgan fingerprint density at radius 3 is 2.93 bits per heavy atom. The van der Waals surface area contributed by atoms with E-state index in [9.17, 15) is 4.79 Å². The van der Waals surface area contributed by atoms with Crippen LogP contribution < -0.4 is 10.2 Å². The molecular formula is C19H22N6O2. The largest absolute Gasteiger partial charge is 0.395 e. The van der Waals surface area contributed by atoms with Crippen molar-refractivity contribution >= 4 is 22.8 Å². The number of hydrogen-bond acceptors (Lipinski definition) is 6. The van der Waals surface area contributed by atoms with E-state index in [1.807, 2.05) is 35.1 Å². The van der Waals surface area contributed by atoms with Gasteiger partial charge in [-0.1, -0.05) is 12.1 Å². The summed E-state index contributed by atoms with van der Waals surface area (Å²) in [6.45, 7) is 2.56. The molecule has 1 aromatic carbocycles. The fourth-order valence-electron chi connectivity index (χ4n) is 3.27. The first-order valence-electron chi connectivity index (χ1n) is 9.13. The van der Waals surface area contributed by atoms with E-state index in [2.05, 4.69) is 26.4 Å². The molecule has 0 atom stereocenters. The van der Waals surface area contributed by atoms with Gasteiger partial charge in [-0.05, 0) is 18.2 Å². The van der Waals surface area contributed by atoms with E-state index in [0.29, 0.717) is 19.4 Å². The number of aryl methyl sites for hydroxylation is 1. The standard InChI is InChI=1S/C19H22N6O2/c26-10-7-20-19(27)6-5-14-11-15-13-24(8-9-25(15)23-14)18-12-21-16-3-1-2-4-17(16)22-18/h1-4,11-12,26H,5-10,13H2,(H,20,27). The lowest BCUT2D eigenvalue weighted by molar-refractivity contribution is -0.121. The predicted molar refractivity (Wildman–Crippen MR) is 101 cm³/mol. The predicted octanol–water partition coefficient (Wildman–Crippen LogP) is 0.888. The molecule has 2 N–H and O–H groups in total. The van der Waals surface area contributed by atoms with Gasteiger partial charge >= 0.3 is 0 Å². The van der Waals surface area contributed by atoms with Gasteiger partial charge in [-0.3, -0.25) is 14.5 Å². The van der Waals surface area contributed by atoms with E-state index < -0.39 is 0 Å². The maximum absolute atomic E-state index is 11.7. The SMILES string of the molecule is O=C(CCc1cc2n(n1)CCN(c1cnc3ccccc3n1)C2)NCCO. The Bertz CT molecular complexity index is 954. The molecule has 0 spiro atoms. The third-order valence-electron chi connectivity index (χ3n) is 4.65. The molecule has 0 aliphatic carbocycles. The second-order valence-corrected chi connectivity index (χ2v) is 6.56. The fraction of sp³-hybridized carbons (Fsp3) is 0.368. The van der Waals surface area contributed by atoms with Crippen molar-refractivity contribution < 1.29 is 9.90 Å². The second kappa shape index (κ2) is 7.71. The maximum atomic E-state index is 11.7. The smallest absolute Gasteiger partial charge is 0.220 e. The molecule has 27 heavy (non-hydrogen) atoms. The first kappa shape index (κ1) is 17.4. The number of fused-ring (bicyclic) bond motifs is 2. The second-order valence-electron chi connectivity index (χ2n) is 6.56. The number of carbonyl (C=O) groups is 1. The van der Waals surface area contributed by atoms with Gasteiger partial charge in [-0.2, -0.15) is 5.10 Å². The number of para-hydroxylation sites is 2. The quantitative estimate of drug-likeness (QED) is 0.673. The topological polar surface area (TPSA) is 96.2 Å². The van der Waals surface area contributed by atoms with E-state index in [4.69, 9.17) is 10.1 Å². The summed E-state index contributed by atoms with van der Waals surface area (Å²) in [5.41, 5.74) is 3.81. The molecule has 8 heteroatoms. The van der Waals surface area contributed by atoms with Crippen molar-refractivity contribution in [2.45, 2.75) is 25.9 Å². The molecule has 0 radical (unpaired) electrons. The summed E-state index contributed by atoms with van der Waals surface area (Å²) in [6.07, 6.45) is 2.78. The lowest BCUT2D eigenvalue weighted by Gasteiger charge is -2.28. The van der Waals surface area contributed by atoms with Crippen molar-refractivity contribution in [3.05, 3.63) is 47.9 Å². The highest BCUT2D eigenvalue weighted by atomic mass is 16.3. The third-order valence-corrected chi connectivity index (χ3v) is 4.65. The average Bonchev–Trinajstić information content (AvgIpc) is 3.12. The molecule has 4 rings (SSSR count). The molecule has 0 saturated heterocycles. The van der Waals surface area contributed by atoms with Gasteiger partial charge < -0.3 is 15.3 Å². The number of benzene rings is 1. The summed E-state index contributed by atoms with van der Waals surface area (Å²) < 4.78 is 2.01. The van der Waals surface area contributed by atoms with Crippen molar-refractivity contribution in [1.29, 1.82) is 0 Å². The van der Waals surface area contributed by atoms with Crippen LogP contribution in [0.25, 0.3) is 11.0 Å². The van der Waals surface area contributed by atoms with Crippen LogP contribution in [0.2, 0.25) is 0 Å².